The van der Waals surface area contributed by atoms with Gasteiger partial charge in [-0.1, -0.05) is 61.9 Å². The maximum Gasteiger partial charge on any atom is 0.0482 e. The Labute approximate surface area is 126 Å². The van der Waals surface area contributed by atoms with E-state index in [0.29, 0.717) is 0 Å². The molecule has 1 aromatic heterocycles. The summed E-state index contributed by atoms with van der Waals surface area (Å²) in [6.45, 7) is 4.39. The highest BCUT2D eigenvalue weighted by molar-refractivity contribution is 5.98. The number of pyridine rings is 1. The van der Waals surface area contributed by atoms with E-state index < -0.39 is 0 Å². The molecule has 0 spiro atoms. The molecule has 3 rings (SSSR count). The van der Waals surface area contributed by atoms with Crippen molar-refractivity contribution in [3.8, 4) is 11.1 Å². The van der Waals surface area contributed by atoms with Crippen LogP contribution in [-0.4, -0.2) is 4.98 Å². The van der Waals surface area contributed by atoms with Gasteiger partial charge in [0.05, 0.1) is 0 Å². The van der Waals surface area contributed by atoms with Crippen molar-refractivity contribution in [2.75, 3.05) is 0 Å². The van der Waals surface area contributed by atoms with Gasteiger partial charge < -0.3 is 0 Å². The van der Waals surface area contributed by atoms with Crippen molar-refractivity contribution in [3.63, 3.8) is 0 Å². The van der Waals surface area contributed by atoms with Crippen LogP contribution in [0.1, 0.15) is 31.0 Å². The molecule has 0 saturated heterocycles. The molecule has 0 radical (unpaired) electrons. The minimum atomic E-state index is 1.06. The standard InChI is InChI=1S/C20H21N/c1-3-4-13-20-18-12-8-7-11-17(18)19(14-21-20)16-10-6-5-9-15(16)2/h5-12,14H,3-4,13H2,1-2H3. The smallest absolute Gasteiger partial charge is 0.0482 e. The Kier molecular flexibility index (Phi) is 4.01. The summed E-state index contributed by atoms with van der Waals surface area (Å²) in [6.07, 6.45) is 5.51. The van der Waals surface area contributed by atoms with Gasteiger partial charge in [-0.25, -0.2) is 0 Å². The summed E-state index contributed by atoms with van der Waals surface area (Å²) in [5, 5.41) is 2.61. The number of hydrogen-bond donors (Lipinski definition) is 0. The Morgan fingerprint density at radius 1 is 0.857 bits per heavy atom. The third kappa shape index (κ3) is 2.69. The molecule has 1 heterocycles. The van der Waals surface area contributed by atoms with E-state index in [9.17, 15) is 0 Å². The molecule has 1 heteroatoms. The molecule has 0 saturated carbocycles. The van der Waals surface area contributed by atoms with Gasteiger partial charge in [0, 0.05) is 22.8 Å². The molecule has 0 fully saturated rings. The maximum atomic E-state index is 4.76. The van der Waals surface area contributed by atoms with E-state index in [-0.39, 0.29) is 0 Å². The lowest BCUT2D eigenvalue weighted by molar-refractivity contribution is 0.782. The van der Waals surface area contributed by atoms with Crippen LogP contribution in [0.3, 0.4) is 0 Å². The van der Waals surface area contributed by atoms with Gasteiger partial charge in [-0.05, 0) is 36.3 Å². The SMILES string of the molecule is CCCCc1ncc(-c2ccccc2C)c2ccccc12. The molecular weight excluding hydrogens is 254 g/mol. The monoisotopic (exact) mass is 275 g/mol. The number of nitrogens with zero attached hydrogens (tertiary/aromatic N) is 1. The van der Waals surface area contributed by atoms with Crippen LogP contribution in [0.25, 0.3) is 21.9 Å². The molecule has 0 atom stereocenters. The van der Waals surface area contributed by atoms with Gasteiger partial charge >= 0.3 is 0 Å². The predicted octanol–water partition coefficient (Wildman–Crippen LogP) is 5.55. The fourth-order valence-corrected chi connectivity index (χ4v) is 2.88. The van der Waals surface area contributed by atoms with Crippen molar-refractivity contribution in [1.82, 2.24) is 4.98 Å². The first kappa shape index (κ1) is 13.8. The first-order valence-corrected chi connectivity index (χ1v) is 7.74. The van der Waals surface area contributed by atoms with Crippen LogP contribution in [0, 0.1) is 6.92 Å². The number of aryl methyl sites for hydroxylation is 2. The Morgan fingerprint density at radius 3 is 2.33 bits per heavy atom. The van der Waals surface area contributed by atoms with Gasteiger partial charge in [0.25, 0.3) is 0 Å². The minimum Gasteiger partial charge on any atom is -0.260 e. The molecule has 0 bridgehead atoms. The third-order valence-corrected chi connectivity index (χ3v) is 4.08. The average molecular weight is 275 g/mol. The summed E-state index contributed by atoms with van der Waals surface area (Å²) >= 11 is 0. The number of fused-ring (bicyclic) bond motifs is 1. The average Bonchev–Trinajstić information content (AvgIpc) is 2.53. The van der Waals surface area contributed by atoms with Crippen LogP contribution in [0.15, 0.2) is 54.7 Å². The van der Waals surface area contributed by atoms with Crippen molar-refractivity contribution in [1.29, 1.82) is 0 Å². The van der Waals surface area contributed by atoms with Crippen LogP contribution in [0.4, 0.5) is 0 Å². The van der Waals surface area contributed by atoms with Gasteiger partial charge in [-0.3, -0.25) is 4.98 Å². The minimum absolute atomic E-state index is 1.06. The zero-order valence-corrected chi connectivity index (χ0v) is 12.8. The lowest BCUT2D eigenvalue weighted by Gasteiger charge is -2.12. The predicted molar refractivity (Wildman–Crippen MR) is 90.5 cm³/mol. The lowest BCUT2D eigenvalue weighted by Crippen LogP contribution is -1.95. The zero-order chi connectivity index (χ0) is 14.7. The molecule has 0 aliphatic carbocycles. The van der Waals surface area contributed by atoms with E-state index in [1.165, 1.54) is 46.0 Å². The van der Waals surface area contributed by atoms with Crippen LogP contribution < -0.4 is 0 Å². The molecule has 3 aromatic rings. The summed E-state index contributed by atoms with van der Waals surface area (Å²) in [7, 11) is 0. The number of unbranched alkanes of at least 4 members (excludes halogenated alkanes) is 1. The highest BCUT2D eigenvalue weighted by atomic mass is 14.7. The topological polar surface area (TPSA) is 12.9 Å². The summed E-state index contributed by atoms with van der Waals surface area (Å²) in [5.41, 5.74) is 5.04. The molecule has 0 aliphatic rings. The van der Waals surface area contributed by atoms with Gasteiger partial charge in [0.15, 0.2) is 0 Å². The molecule has 0 aliphatic heterocycles. The van der Waals surface area contributed by atoms with Crippen molar-refractivity contribution >= 4 is 10.8 Å². The first-order valence-electron chi connectivity index (χ1n) is 7.74. The molecule has 106 valence electrons. The normalized spacial score (nSPS) is 11.0. The van der Waals surface area contributed by atoms with Crippen LogP contribution in [-0.2, 0) is 6.42 Å². The molecule has 1 nitrogen and oxygen atoms in total. The Morgan fingerprint density at radius 2 is 1.57 bits per heavy atom. The number of rotatable bonds is 4. The largest absolute Gasteiger partial charge is 0.260 e. The molecule has 21 heavy (non-hydrogen) atoms. The Hall–Kier alpha value is -2.15. The summed E-state index contributed by atoms with van der Waals surface area (Å²) in [6, 6.07) is 17.2. The van der Waals surface area contributed by atoms with Crippen LogP contribution in [0.5, 0.6) is 0 Å². The highest BCUT2D eigenvalue weighted by Crippen LogP contribution is 2.31. The van der Waals surface area contributed by atoms with E-state index in [2.05, 4.69) is 68.6 Å². The van der Waals surface area contributed by atoms with E-state index in [4.69, 9.17) is 4.98 Å². The highest BCUT2D eigenvalue weighted by Gasteiger charge is 2.09. The van der Waals surface area contributed by atoms with E-state index in [1.54, 1.807) is 0 Å². The Bertz CT molecular complexity index is 759. The van der Waals surface area contributed by atoms with Gasteiger partial charge in [0.1, 0.15) is 0 Å². The fraction of sp³-hybridized carbons (Fsp3) is 0.250. The van der Waals surface area contributed by atoms with Crippen molar-refractivity contribution in [2.45, 2.75) is 33.1 Å². The van der Waals surface area contributed by atoms with E-state index >= 15 is 0 Å². The van der Waals surface area contributed by atoms with Gasteiger partial charge in [-0.2, -0.15) is 0 Å². The molecular formula is C20H21N. The molecule has 2 aromatic carbocycles. The second-order valence-corrected chi connectivity index (χ2v) is 5.58. The summed E-state index contributed by atoms with van der Waals surface area (Å²) in [5.74, 6) is 0. The quantitative estimate of drug-likeness (QED) is 0.608. The second-order valence-electron chi connectivity index (χ2n) is 5.58. The second kappa shape index (κ2) is 6.09. The van der Waals surface area contributed by atoms with Crippen LogP contribution in [0.2, 0.25) is 0 Å². The fourth-order valence-electron chi connectivity index (χ4n) is 2.88. The van der Waals surface area contributed by atoms with E-state index in [0.717, 1.165) is 6.42 Å². The van der Waals surface area contributed by atoms with E-state index in [1.807, 2.05) is 0 Å². The third-order valence-electron chi connectivity index (χ3n) is 4.08. The van der Waals surface area contributed by atoms with Crippen molar-refractivity contribution in [3.05, 3.63) is 66.0 Å². The molecule has 0 unspecified atom stereocenters. The molecule has 0 N–H and O–H groups in total. The van der Waals surface area contributed by atoms with Gasteiger partial charge in [-0.15, -0.1) is 0 Å². The van der Waals surface area contributed by atoms with Gasteiger partial charge in [0.2, 0.25) is 0 Å². The van der Waals surface area contributed by atoms with Crippen molar-refractivity contribution < 1.29 is 0 Å². The lowest BCUT2D eigenvalue weighted by atomic mass is 9.95. The Balaban J connectivity index is 2.20. The van der Waals surface area contributed by atoms with Crippen LogP contribution >= 0.6 is 0 Å². The molecule has 0 amide bonds. The summed E-state index contributed by atoms with van der Waals surface area (Å²) in [4.78, 5) is 4.76. The first-order chi connectivity index (χ1) is 10.3. The number of benzene rings is 2. The zero-order valence-electron chi connectivity index (χ0n) is 12.8. The number of hydrogen-bond acceptors (Lipinski definition) is 1. The van der Waals surface area contributed by atoms with Crippen molar-refractivity contribution in [2.24, 2.45) is 0 Å². The number of aromatic nitrogens is 1. The maximum absolute atomic E-state index is 4.76. The summed E-state index contributed by atoms with van der Waals surface area (Å²) < 4.78 is 0.